The quantitative estimate of drug-likeness (QED) is 0.664. The molecular formula is C24H29N5O2. The molecule has 1 aromatic heterocycles. The van der Waals surface area contributed by atoms with E-state index in [9.17, 15) is 9.59 Å². The van der Waals surface area contributed by atoms with Crippen LogP contribution in [-0.2, 0) is 24.4 Å². The van der Waals surface area contributed by atoms with Gasteiger partial charge in [-0.3, -0.25) is 14.5 Å². The molecule has 1 aliphatic rings. The molecule has 2 unspecified atom stereocenters. The molecule has 2 atom stereocenters. The fourth-order valence-corrected chi connectivity index (χ4v) is 4.56. The first-order valence-electron chi connectivity index (χ1n) is 10.9. The monoisotopic (exact) mass is 419 g/mol. The van der Waals surface area contributed by atoms with E-state index in [1.165, 1.54) is 12.0 Å². The van der Waals surface area contributed by atoms with Gasteiger partial charge in [-0.15, -0.1) is 5.10 Å². The summed E-state index contributed by atoms with van der Waals surface area (Å²) < 4.78 is 1.11. The maximum Gasteiger partial charge on any atom is 0.278 e. The molecule has 1 saturated heterocycles. The highest BCUT2D eigenvalue weighted by Crippen LogP contribution is 2.23. The van der Waals surface area contributed by atoms with Gasteiger partial charge in [0.15, 0.2) is 0 Å². The molecule has 0 spiro atoms. The lowest BCUT2D eigenvalue weighted by Crippen LogP contribution is -2.38. The first-order chi connectivity index (χ1) is 15.0. The molecule has 31 heavy (non-hydrogen) atoms. The molecule has 3 aromatic rings. The molecule has 1 fully saturated rings. The van der Waals surface area contributed by atoms with E-state index in [2.05, 4.69) is 46.5 Å². The van der Waals surface area contributed by atoms with E-state index >= 15 is 0 Å². The predicted molar refractivity (Wildman–Crippen MR) is 120 cm³/mol. The smallest absolute Gasteiger partial charge is 0.278 e. The molecule has 1 amide bonds. The van der Waals surface area contributed by atoms with E-state index in [0.29, 0.717) is 29.3 Å². The Hall–Kier alpha value is -3.06. The number of piperidine rings is 1. The van der Waals surface area contributed by atoms with E-state index in [1.807, 2.05) is 12.1 Å². The molecule has 2 heterocycles. The summed E-state index contributed by atoms with van der Waals surface area (Å²) >= 11 is 0. The van der Waals surface area contributed by atoms with E-state index in [0.717, 1.165) is 29.9 Å². The summed E-state index contributed by atoms with van der Waals surface area (Å²) in [5, 5.41) is 11.3. The second-order valence-corrected chi connectivity index (χ2v) is 8.75. The Morgan fingerprint density at radius 3 is 2.48 bits per heavy atom. The zero-order valence-electron chi connectivity index (χ0n) is 18.1. The number of likely N-dealkylation sites (tertiary alicyclic amines) is 1. The van der Waals surface area contributed by atoms with Crippen LogP contribution in [-0.4, -0.2) is 38.9 Å². The van der Waals surface area contributed by atoms with E-state index in [-0.39, 0.29) is 18.0 Å². The molecule has 7 heteroatoms. The van der Waals surface area contributed by atoms with E-state index in [1.54, 1.807) is 24.3 Å². The van der Waals surface area contributed by atoms with Crippen molar-refractivity contribution >= 4 is 16.8 Å². The first kappa shape index (κ1) is 21.2. The van der Waals surface area contributed by atoms with Gasteiger partial charge in [-0.05, 0) is 41.5 Å². The highest BCUT2D eigenvalue weighted by atomic mass is 16.2. The number of rotatable bonds is 6. The minimum atomic E-state index is -0.311. The number of amides is 1. The molecule has 4 rings (SSSR count). The van der Waals surface area contributed by atoms with Crippen LogP contribution in [0.25, 0.3) is 10.9 Å². The summed E-state index contributed by atoms with van der Waals surface area (Å²) in [6.45, 7) is 7.99. The maximum atomic E-state index is 12.5. The molecular weight excluding hydrogens is 390 g/mol. The van der Waals surface area contributed by atoms with Crippen molar-refractivity contribution in [2.24, 2.45) is 11.8 Å². The normalized spacial score (nSPS) is 19.4. The SMILES string of the molecule is CC1CC(C)CN(Cc2ccccc2CNC(=O)Cn2nnc3ccccc3c2=O)C1. The van der Waals surface area contributed by atoms with Gasteiger partial charge in [0.2, 0.25) is 5.91 Å². The topological polar surface area (TPSA) is 80.1 Å². The van der Waals surface area contributed by atoms with Gasteiger partial charge in [0.25, 0.3) is 5.56 Å². The fraction of sp³-hybridized carbons (Fsp3) is 0.417. The molecule has 0 aliphatic carbocycles. The number of hydrogen-bond donors (Lipinski definition) is 1. The van der Waals surface area contributed by atoms with Crippen LogP contribution >= 0.6 is 0 Å². The van der Waals surface area contributed by atoms with Gasteiger partial charge < -0.3 is 5.32 Å². The van der Waals surface area contributed by atoms with Crippen molar-refractivity contribution in [2.45, 2.75) is 39.9 Å². The Bertz CT molecular complexity index is 1120. The number of nitrogens with one attached hydrogen (secondary N) is 1. The van der Waals surface area contributed by atoms with Crippen LogP contribution < -0.4 is 10.9 Å². The fourth-order valence-electron chi connectivity index (χ4n) is 4.56. The largest absolute Gasteiger partial charge is 0.350 e. The molecule has 162 valence electrons. The highest BCUT2D eigenvalue weighted by Gasteiger charge is 2.22. The number of fused-ring (bicyclic) bond motifs is 1. The summed E-state index contributed by atoms with van der Waals surface area (Å²) in [7, 11) is 0. The van der Waals surface area contributed by atoms with Gasteiger partial charge in [0.1, 0.15) is 12.1 Å². The van der Waals surface area contributed by atoms with Gasteiger partial charge >= 0.3 is 0 Å². The third kappa shape index (κ3) is 5.17. The van der Waals surface area contributed by atoms with Crippen LogP contribution in [0.5, 0.6) is 0 Å². The molecule has 0 radical (unpaired) electrons. The number of nitrogens with zero attached hydrogens (tertiary/aromatic N) is 4. The summed E-state index contributed by atoms with van der Waals surface area (Å²) in [5.74, 6) is 1.15. The Kier molecular flexibility index (Phi) is 6.42. The van der Waals surface area contributed by atoms with Crippen LogP contribution in [0.15, 0.2) is 53.3 Å². The second kappa shape index (κ2) is 9.39. The van der Waals surface area contributed by atoms with Crippen molar-refractivity contribution in [3.05, 3.63) is 70.0 Å². The van der Waals surface area contributed by atoms with Crippen molar-refractivity contribution in [1.82, 2.24) is 25.2 Å². The van der Waals surface area contributed by atoms with Gasteiger partial charge in [0.05, 0.1) is 5.39 Å². The zero-order chi connectivity index (χ0) is 21.8. The molecule has 7 nitrogen and oxygen atoms in total. The number of carbonyl (C=O) groups excluding carboxylic acids is 1. The van der Waals surface area contributed by atoms with Crippen molar-refractivity contribution in [3.63, 3.8) is 0 Å². The third-order valence-corrected chi connectivity index (χ3v) is 5.86. The Morgan fingerprint density at radius 1 is 1.03 bits per heavy atom. The lowest BCUT2D eigenvalue weighted by atomic mass is 9.91. The number of hydrogen-bond acceptors (Lipinski definition) is 5. The van der Waals surface area contributed by atoms with Crippen LogP contribution in [0, 0.1) is 11.8 Å². The zero-order valence-corrected chi connectivity index (χ0v) is 18.1. The number of aromatic nitrogens is 3. The summed E-state index contributed by atoms with van der Waals surface area (Å²) in [6.07, 6.45) is 1.28. The van der Waals surface area contributed by atoms with Crippen LogP contribution in [0.2, 0.25) is 0 Å². The minimum Gasteiger partial charge on any atom is -0.350 e. The Balaban J connectivity index is 1.40. The summed E-state index contributed by atoms with van der Waals surface area (Å²) in [5.41, 5.74) is 2.54. The van der Waals surface area contributed by atoms with E-state index in [4.69, 9.17) is 0 Å². The van der Waals surface area contributed by atoms with Gasteiger partial charge in [-0.1, -0.05) is 55.5 Å². The van der Waals surface area contributed by atoms with Crippen molar-refractivity contribution in [2.75, 3.05) is 13.1 Å². The number of carbonyl (C=O) groups is 1. The second-order valence-electron chi connectivity index (χ2n) is 8.75. The molecule has 2 aromatic carbocycles. The van der Waals surface area contributed by atoms with Gasteiger partial charge in [0, 0.05) is 26.2 Å². The molecule has 1 N–H and O–H groups in total. The Morgan fingerprint density at radius 2 is 1.71 bits per heavy atom. The van der Waals surface area contributed by atoms with Gasteiger partial charge in [-0.25, -0.2) is 4.68 Å². The van der Waals surface area contributed by atoms with Crippen LogP contribution in [0.1, 0.15) is 31.4 Å². The van der Waals surface area contributed by atoms with E-state index < -0.39 is 0 Å². The standard InChI is InChI=1S/C24H29N5O2/c1-17-11-18(2)14-28(13-17)15-20-8-4-3-7-19(20)12-25-23(30)16-29-24(31)21-9-5-6-10-22(21)26-27-29/h3-10,17-18H,11-16H2,1-2H3,(H,25,30). The lowest BCUT2D eigenvalue weighted by Gasteiger charge is -2.35. The average Bonchev–Trinajstić information content (AvgIpc) is 2.74. The molecule has 1 aliphatic heterocycles. The highest BCUT2D eigenvalue weighted by molar-refractivity contribution is 5.78. The molecule has 0 bridgehead atoms. The maximum absolute atomic E-state index is 12.5. The average molecular weight is 420 g/mol. The number of benzene rings is 2. The Labute approximate surface area is 182 Å². The minimum absolute atomic E-state index is 0.153. The molecule has 0 saturated carbocycles. The third-order valence-electron chi connectivity index (χ3n) is 5.86. The van der Waals surface area contributed by atoms with Crippen molar-refractivity contribution < 1.29 is 4.79 Å². The van der Waals surface area contributed by atoms with Crippen LogP contribution in [0.4, 0.5) is 0 Å². The summed E-state index contributed by atoms with van der Waals surface area (Å²) in [4.78, 5) is 27.6. The summed E-state index contributed by atoms with van der Waals surface area (Å²) in [6, 6.07) is 15.2. The van der Waals surface area contributed by atoms with Gasteiger partial charge in [-0.2, -0.15) is 0 Å². The predicted octanol–water partition coefficient (Wildman–Crippen LogP) is 2.59. The van der Waals surface area contributed by atoms with Crippen LogP contribution in [0.3, 0.4) is 0 Å². The first-order valence-corrected chi connectivity index (χ1v) is 10.9. The lowest BCUT2D eigenvalue weighted by molar-refractivity contribution is -0.122. The van der Waals surface area contributed by atoms with Crippen molar-refractivity contribution in [3.8, 4) is 0 Å². The van der Waals surface area contributed by atoms with Crippen molar-refractivity contribution in [1.29, 1.82) is 0 Å².